The molecule has 0 bridgehead atoms. The number of nitroso groups, excluding NO2 is 1. The van der Waals surface area contributed by atoms with Crippen LogP contribution in [0.25, 0.3) is 0 Å². The van der Waals surface area contributed by atoms with Crippen LogP contribution in [0, 0.1) is 4.91 Å². The third kappa shape index (κ3) is 4.54. The Morgan fingerprint density at radius 3 is 2.38 bits per heavy atom. The second kappa shape index (κ2) is 7.04. The van der Waals surface area contributed by atoms with Crippen molar-refractivity contribution in [2.45, 2.75) is 18.6 Å². The largest absolute Gasteiger partial charge is 0.336 e. The minimum atomic E-state index is -0.187. The molecule has 114 valence electrons. The molecule has 0 aromatic heterocycles. The van der Waals surface area contributed by atoms with Crippen molar-refractivity contribution in [3.8, 4) is 0 Å². The molecule has 0 aliphatic carbocycles. The molecule has 5 nitrogen and oxygen atoms in total. The van der Waals surface area contributed by atoms with Gasteiger partial charge in [-0.2, -0.15) is 0 Å². The van der Waals surface area contributed by atoms with Crippen molar-refractivity contribution < 1.29 is 4.79 Å². The molecule has 0 atom stereocenters. The Morgan fingerprint density at radius 2 is 1.81 bits per heavy atom. The van der Waals surface area contributed by atoms with Crippen molar-refractivity contribution in [2.24, 2.45) is 4.58 Å². The average Bonchev–Trinajstić information content (AvgIpc) is 2.48. The summed E-state index contributed by atoms with van der Waals surface area (Å²) < 4.78 is 2.74. The molecule has 6 heteroatoms. The lowest BCUT2D eigenvalue weighted by atomic mass is 10.1. The fourth-order valence-electron chi connectivity index (χ4n) is 2.54. The van der Waals surface area contributed by atoms with Crippen molar-refractivity contribution in [3.05, 3.63) is 40.8 Å². The quantitative estimate of drug-likeness (QED) is 0.620. The van der Waals surface area contributed by atoms with E-state index >= 15 is 0 Å². The third-order valence-electron chi connectivity index (χ3n) is 3.57. The summed E-state index contributed by atoms with van der Waals surface area (Å²) in [5.74, 6) is 0.0958. The predicted octanol–water partition coefficient (Wildman–Crippen LogP) is 2.64. The van der Waals surface area contributed by atoms with E-state index in [1.807, 2.05) is 49.1 Å². The van der Waals surface area contributed by atoms with Gasteiger partial charge in [0.15, 0.2) is 0 Å². The van der Waals surface area contributed by atoms with E-state index in [9.17, 15) is 9.70 Å². The number of hydrogen-bond acceptors (Lipinski definition) is 5. The molecule has 0 spiro atoms. The number of nitrogens with zero attached hydrogens (tertiary/aromatic N) is 3. The Bertz CT molecular complexity index is 485. The average molecular weight is 307 g/mol. The van der Waals surface area contributed by atoms with E-state index in [0.29, 0.717) is 0 Å². The minimum absolute atomic E-state index is 0.0958. The van der Waals surface area contributed by atoms with Crippen molar-refractivity contribution in [3.63, 3.8) is 0 Å². The Kier molecular flexibility index (Phi) is 5.36. The van der Waals surface area contributed by atoms with Crippen LogP contribution in [0.15, 0.2) is 34.9 Å². The van der Waals surface area contributed by atoms with Gasteiger partial charge in [0.2, 0.25) is 0 Å². The number of hydrogen-bond donors (Lipinski definition) is 0. The molecule has 2 rings (SSSR count). The second-order valence-electron chi connectivity index (χ2n) is 5.86. The van der Waals surface area contributed by atoms with Crippen LogP contribution in [-0.2, 0) is 0 Å². The normalized spacial score (nSPS) is 16.8. The van der Waals surface area contributed by atoms with E-state index < -0.39 is 0 Å². The monoisotopic (exact) mass is 307 g/mol. The van der Waals surface area contributed by atoms with Gasteiger partial charge in [0.25, 0.3) is 5.91 Å². The lowest BCUT2D eigenvalue weighted by Crippen LogP contribution is -2.51. The Labute approximate surface area is 129 Å². The molecule has 1 amide bonds. The molecule has 0 N–H and O–H groups in total. The van der Waals surface area contributed by atoms with Crippen molar-refractivity contribution in [1.29, 1.82) is 0 Å². The van der Waals surface area contributed by atoms with E-state index in [1.54, 1.807) is 0 Å². The molecular weight excluding hydrogens is 286 g/mol. The fraction of sp³-hybridized carbons (Fsp3) is 0.533. The zero-order valence-corrected chi connectivity index (χ0v) is 13.3. The summed E-state index contributed by atoms with van der Waals surface area (Å²) >= 11 is 1.08. The van der Waals surface area contributed by atoms with E-state index in [1.165, 1.54) is 0 Å². The standard InChI is InChI=1S/C15H21N3O2S/c1-15(2,21-16-20)12-17-8-10-18(11-9-17)14(19)13-6-4-3-5-7-13/h3-7H,8-12H2,1-2H3. The molecule has 1 fully saturated rings. The first-order chi connectivity index (χ1) is 10.0. The topological polar surface area (TPSA) is 53.0 Å². The number of benzene rings is 1. The van der Waals surface area contributed by atoms with Gasteiger partial charge in [-0.05, 0) is 26.0 Å². The lowest BCUT2D eigenvalue weighted by molar-refractivity contribution is 0.0630. The van der Waals surface area contributed by atoms with Crippen LogP contribution in [0.2, 0.25) is 0 Å². The highest BCUT2D eigenvalue weighted by Gasteiger charge is 2.27. The van der Waals surface area contributed by atoms with E-state index in [-0.39, 0.29) is 10.7 Å². The summed E-state index contributed by atoms with van der Waals surface area (Å²) in [5, 5.41) is 0. The van der Waals surface area contributed by atoms with E-state index in [2.05, 4.69) is 9.48 Å². The molecule has 21 heavy (non-hydrogen) atoms. The molecule has 1 aromatic rings. The van der Waals surface area contributed by atoms with Crippen LogP contribution >= 0.6 is 11.9 Å². The number of piperazine rings is 1. The van der Waals surface area contributed by atoms with Gasteiger partial charge in [-0.25, -0.2) is 0 Å². The Hall–Kier alpha value is -1.40. The van der Waals surface area contributed by atoms with Gasteiger partial charge in [0.05, 0.1) is 0 Å². The highest BCUT2D eigenvalue weighted by atomic mass is 32.2. The van der Waals surface area contributed by atoms with Gasteiger partial charge in [-0.15, -0.1) is 4.91 Å². The van der Waals surface area contributed by atoms with Gasteiger partial charge in [-0.1, -0.05) is 18.2 Å². The van der Waals surface area contributed by atoms with E-state index in [4.69, 9.17) is 0 Å². The molecule has 0 saturated carbocycles. The summed E-state index contributed by atoms with van der Waals surface area (Å²) in [5.41, 5.74) is 0.743. The summed E-state index contributed by atoms with van der Waals surface area (Å²) in [7, 11) is 0. The van der Waals surface area contributed by atoms with Crippen LogP contribution in [0.1, 0.15) is 24.2 Å². The minimum Gasteiger partial charge on any atom is -0.336 e. The van der Waals surface area contributed by atoms with Crippen molar-refractivity contribution in [2.75, 3.05) is 32.7 Å². The van der Waals surface area contributed by atoms with Crippen LogP contribution in [0.3, 0.4) is 0 Å². The zero-order valence-electron chi connectivity index (χ0n) is 12.5. The summed E-state index contributed by atoms with van der Waals surface area (Å²) in [4.78, 5) is 26.9. The van der Waals surface area contributed by atoms with Crippen molar-refractivity contribution >= 4 is 17.9 Å². The summed E-state index contributed by atoms with van der Waals surface area (Å²) in [6.07, 6.45) is 0. The first-order valence-corrected chi connectivity index (χ1v) is 7.87. The predicted molar refractivity (Wildman–Crippen MR) is 86.3 cm³/mol. The third-order valence-corrected chi connectivity index (χ3v) is 4.27. The van der Waals surface area contributed by atoms with Crippen molar-refractivity contribution in [1.82, 2.24) is 9.80 Å². The molecule has 1 saturated heterocycles. The fourth-order valence-corrected chi connectivity index (χ4v) is 2.98. The first-order valence-electron chi connectivity index (χ1n) is 7.09. The van der Waals surface area contributed by atoms with Gasteiger partial charge in [0, 0.05) is 59.6 Å². The van der Waals surface area contributed by atoms with Gasteiger partial charge in [0.1, 0.15) is 0 Å². The van der Waals surface area contributed by atoms with E-state index in [0.717, 1.165) is 50.2 Å². The van der Waals surface area contributed by atoms with Crippen LogP contribution in [0.5, 0.6) is 0 Å². The molecule has 1 aliphatic heterocycles. The second-order valence-corrected chi connectivity index (χ2v) is 7.30. The molecule has 1 aliphatic rings. The van der Waals surface area contributed by atoms with Gasteiger partial charge in [-0.3, -0.25) is 9.69 Å². The first kappa shape index (κ1) is 16.0. The summed E-state index contributed by atoms with van der Waals surface area (Å²) in [6, 6.07) is 9.38. The van der Waals surface area contributed by atoms with Crippen LogP contribution in [-0.4, -0.2) is 53.2 Å². The molecule has 1 aromatic carbocycles. The highest BCUT2D eigenvalue weighted by Crippen LogP contribution is 2.26. The maximum Gasteiger partial charge on any atom is 0.253 e. The molecule has 0 unspecified atom stereocenters. The summed E-state index contributed by atoms with van der Waals surface area (Å²) in [6.45, 7) is 7.95. The maximum atomic E-state index is 12.3. The number of carbonyl (C=O) groups excluding carboxylic acids is 1. The highest BCUT2D eigenvalue weighted by molar-refractivity contribution is 7.99. The van der Waals surface area contributed by atoms with Crippen LogP contribution < -0.4 is 0 Å². The zero-order chi connectivity index (χ0) is 15.3. The lowest BCUT2D eigenvalue weighted by Gasteiger charge is -2.37. The SMILES string of the molecule is CC(C)(CN1CCN(C(=O)c2ccccc2)CC1)SN=O. The molecule has 1 heterocycles. The molecule has 0 radical (unpaired) electrons. The van der Waals surface area contributed by atoms with Crippen LogP contribution in [0.4, 0.5) is 0 Å². The van der Waals surface area contributed by atoms with Gasteiger partial charge >= 0.3 is 0 Å². The molecular formula is C15H21N3O2S. The number of amides is 1. The van der Waals surface area contributed by atoms with Gasteiger partial charge < -0.3 is 4.90 Å². The Morgan fingerprint density at radius 1 is 1.19 bits per heavy atom. The maximum absolute atomic E-state index is 12.3. The number of carbonyl (C=O) groups is 1. The Balaban J connectivity index is 1.86. The number of rotatable bonds is 5. The smallest absolute Gasteiger partial charge is 0.253 e.